The molecule has 2 aliphatic heterocycles. The highest BCUT2D eigenvalue weighted by molar-refractivity contribution is 5.94. The second-order valence-corrected chi connectivity index (χ2v) is 10.1. The van der Waals surface area contributed by atoms with Crippen LogP contribution in [0.1, 0.15) is 36.2 Å². The van der Waals surface area contributed by atoms with Gasteiger partial charge in [0.1, 0.15) is 6.17 Å². The molecule has 1 aliphatic carbocycles. The first-order valence-electron chi connectivity index (χ1n) is 11.9. The topological polar surface area (TPSA) is 117 Å². The van der Waals surface area contributed by atoms with Crippen molar-refractivity contribution >= 4 is 11.8 Å². The number of aromatic amines is 1. The zero-order chi connectivity index (χ0) is 24.9. The van der Waals surface area contributed by atoms with Crippen LogP contribution in [-0.2, 0) is 4.79 Å². The zero-order valence-corrected chi connectivity index (χ0v) is 19.8. The van der Waals surface area contributed by atoms with E-state index in [4.69, 9.17) is 10.5 Å². The number of rotatable bonds is 5. The lowest BCUT2D eigenvalue weighted by molar-refractivity contribution is -0.124. The van der Waals surface area contributed by atoms with E-state index in [-0.39, 0.29) is 46.7 Å². The zero-order valence-electron chi connectivity index (χ0n) is 19.8. The van der Waals surface area contributed by atoms with Gasteiger partial charge in [-0.2, -0.15) is 5.10 Å². The summed E-state index contributed by atoms with van der Waals surface area (Å²) in [6.07, 6.45) is 2.08. The third-order valence-electron chi connectivity index (χ3n) is 8.01. The van der Waals surface area contributed by atoms with Crippen LogP contribution in [0.2, 0.25) is 0 Å². The monoisotopic (exact) mass is 488 g/mol. The van der Waals surface area contributed by atoms with Gasteiger partial charge < -0.3 is 20.3 Å². The molecule has 3 aliphatic rings. The lowest BCUT2D eigenvalue weighted by Crippen LogP contribution is -2.53. The average molecular weight is 489 g/mol. The minimum Gasteiger partial charge on any atom is -0.481 e. The van der Waals surface area contributed by atoms with E-state index in [2.05, 4.69) is 20.1 Å². The predicted molar refractivity (Wildman–Crippen MR) is 123 cm³/mol. The summed E-state index contributed by atoms with van der Waals surface area (Å²) in [5.41, 5.74) is 5.65. The molecule has 0 aromatic carbocycles. The van der Waals surface area contributed by atoms with E-state index in [1.54, 1.807) is 4.90 Å². The van der Waals surface area contributed by atoms with Crippen molar-refractivity contribution in [1.29, 1.82) is 0 Å². The molecule has 4 heterocycles. The molecule has 5 atom stereocenters. The number of carbonyl (C=O) groups is 2. The van der Waals surface area contributed by atoms with Gasteiger partial charge in [-0.05, 0) is 44.7 Å². The molecule has 11 heteroatoms. The van der Waals surface area contributed by atoms with Crippen LogP contribution >= 0.6 is 0 Å². The molecule has 0 radical (unpaired) electrons. The van der Waals surface area contributed by atoms with Crippen molar-refractivity contribution in [2.45, 2.75) is 37.4 Å². The number of methoxy groups -OCH3 is 1. The number of H-pyrrole nitrogens is 1. The summed E-state index contributed by atoms with van der Waals surface area (Å²) in [6, 6.07) is 2.92. The molecule has 1 saturated carbocycles. The number of halogens is 2. The molecule has 1 spiro atoms. The molecule has 3 N–H and O–H groups in total. The van der Waals surface area contributed by atoms with Crippen LogP contribution in [0.5, 0.6) is 5.88 Å². The van der Waals surface area contributed by atoms with E-state index in [1.165, 1.54) is 19.2 Å². The first-order chi connectivity index (χ1) is 16.7. The van der Waals surface area contributed by atoms with Crippen LogP contribution in [-0.4, -0.2) is 82.3 Å². The highest BCUT2D eigenvalue weighted by atomic mass is 19.1. The summed E-state index contributed by atoms with van der Waals surface area (Å²) in [4.78, 5) is 33.4. The Bertz CT molecular complexity index is 1140. The number of aromatic nitrogens is 3. The Hall–Kier alpha value is -3.08. The predicted octanol–water partition coefficient (Wildman–Crippen LogP) is 2.01. The summed E-state index contributed by atoms with van der Waals surface area (Å²) in [5.74, 6) is -1.66. The lowest BCUT2D eigenvalue weighted by atomic mass is 9.82. The number of pyridine rings is 1. The third kappa shape index (κ3) is 4.15. The van der Waals surface area contributed by atoms with E-state index < -0.39 is 17.5 Å². The SMILES string of the molecule is COc1cc(-c2cc(C(=O)N3CCC(C(N)=O)CC34CC4[C@@H]3CN(C)CC[C@H]3F)n[nH]2)c(F)cn1. The average Bonchev–Trinajstić information content (AvgIpc) is 3.31. The molecular weight excluding hydrogens is 458 g/mol. The van der Waals surface area contributed by atoms with Gasteiger partial charge in [-0.15, -0.1) is 0 Å². The van der Waals surface area contributed by atoms with Crippen molar-refractivity contribution in [2.24, 2.45) is 23.5 Å². The number of amides is 2. The minimum absolute atomic E-state index is 0.0494. The maximum Gasteiger partial charge on any atom is 0.274 e. The number of nitrogens with two attached hydrogens (primary N) is 1. The number of likely N-dealkylation sites (tertiary alicyclic amines) is 2. The first-order valence-corrected chi connectivity index (χ1v) is 11.9. The van der Waals surface area contributed by atoms with Crippen LogP contribution in [0.15, 0.2) is 18.3 Å². The summed E-state index contributed by atoms with van der Waals surface area (Å²) in [7, 11) is 3.40. The molecule has 188 valence electrons. The Kier molecular flexibility index (Phi) is 5.98. The molecule has 3 unspecified atom stereocenters. The number of carbonyl (C=O) groups excluding carboxylic acids is 2. The molecule has 2 aromatic heterocycles. The van der Waals surface area contributed by atoms with Gasteiger partial charge in [0.25, 0.3) is 5.91 Å². The van der Waals surface area contributed by atoms with Crippen molar-refractivity contribution in [2.75, 3.05) is 33.8 Å². The normalized spacial score (nSPS) is 30.9. The molecule has 2 aromatic rings. The number of alkyl halides is 1. The maximum atomic E-state index is 15.0. The second-order valence-electron chi connectivity index (χ2n) is 10.1. The quantitative estimate of drug-likeness (QED) is 0.665. The Labute approximate surface area is 202 Å². The van der Waals surface area contributed by atoms with Crippen molar-refractivity contribution in [3.63, 3.8) is 0 Å². The fourth-order valence-electron chi connectivity index (χ4n) is 6.06. The number of ether oxygens (including phenoxy) is 1. The van der Waals surface area contributed by atoms with Crippen LogP contribution in [0.25, 0.3) is 11.3 Å². The van der Waals surface area contributed by atoms with Gasteiger partial charge in [-0.25, -0.2) is 13.8 Å². The number of nitrogens with zero attached hydrogens (tertiary/aromatic N) is 4. The van der Waals surface area contributed by atoms with Gasteiger partial charge in [0.05, 0.1) is 19.0 Å². The second kappa shape index (κ2) is 8.85. The Morgan fingerprint density at radius 1 is 1.26 bits per heavy atom. The van der Waals surface area contributed by atoms with Gasteiger partial charge >= 0.3 is 0 Å². The van der Waals surface area contributed by atoms with Crippen LogP contribution in [0.4, 0.5) is 8.78 Å². The molecule has 2 saturated heterocycles. The summed E-state index contributed by atoms with van der Waals surface area (Å²) in [6.45, 7) is 1.66. The highest BCUT2D eigenvalue weighted by Gasteiger charge is 2.65. The van der Waals surface area contributed by atoms with Gasteiger partial charge in [-0.1, -0.05) is 0 Å². The lowest BCUT2D eigenvalue weighted by Gasteiger charge is -2.42. The van der Waals surface area contributed by atoms with Crippen molar-refractivity contribution in [3.8, 4) is 17.1 Å². The molecule has 5 rings (SSSR count). The smallest absolute Gasteiger partial charge is 0.274 e. The number of hydrogen-bond donors (Lipinski definition) is 2. The van der Waals surface area contributed by atoms with E-state index in [1.807, 2.05) is 7.05 Å². The number of hydrogen-bond acceptors (Lipinski definition) is 6. The van der Waals surface area contributed by atoms with E-state index in [9.17, 15) is 18.4 Å². The summed E-state index contributed by atoms with van der Waals surface area (Å²) >= 11 is 0. The Morgan fingerprint density at radius 2 is 2.06 bits per heavy atom. The fourth-order valence-corrected chi connectivity index (χ4v) is 6.06. The minimum atomic E-state index is -0.942. The van der Waals surface area contributed by atoms with Crippen LogP contribution in [0, 0.1) is 23.6 Å². The first kappa shape index (κ1) is 23.7. The van der Waals surface area contributed by atoms with E-state index >= 15 is 0 Å². The highest BCUT2D eigenvalue weighted by Crippen LogP contribution is 2.60. The number of piperidine rings is 2. The van der Waals surface area contributed by atoms with Gasteiger partial charge in [0.2, 0.25) is 11.8 Å². The van der Waals surface area contributed by atoms with Gasteiger partial charge in [-0.3, -0.25) is 14.7 Å². The molecule has 2 amide bonds. The van der Waals surface area contributed by atoms with E-state index in [0.29, 0.717) is 51.0 Å². The summed E-state index contributed by atoms with van der Waals surface area (Å²) < 4.78 is 34.4. The number of primary amides is 1. The van der Waals surface area contributed by atoms with Crippen molar-refractivity contribution < 1.29 is 23.1 Å². The molecule has 35 heavy (non-hydrogen) atoms. The molecule has 9 nitrogen and oxygen atoms in total. The van der Waals surface area contributed by atoms with Crippen molar-refractivity contribution in [1.82, 2.24) is 25.0 Å². The molecule has 0 bridgehead atoms. The Balaban J connectivity index is 1.42. The third-order valence-corrected chi connectivity index (χ3v) is 8.01. The van der Waals surface area contributed by atoms with E-state index in [0.717, 1.165) is 6.20 Å². The maximum absolute atomic E-state index is 15.0. The molecular formula is C24H30F2N6O3. The van der Waals surface area contributed by atoms with Crippen LogP contribution < -0.4 is 10.5 Å². The summed E-state index contributed by atoms with van der Waals surface area (Å²) in [5, 5.41) is 6.89. The van der Waals surface area contributed by atoms with Gasteiger partial charge in [0, 0.05) is 48.6 Å². The fraction of sp³-hybridized carbons (Fsp3) is 0.583. The van der Waals surface area contributed by atoms with Gasteiger partial charge in [0.15, 0.2) is 11.5 Å². The van der Waals surface area contributed by atoms with Crippen LogP contribution in [0.3, 0.4) is 0 Å². The largest absolute Gasteiger partial charge is 0.481 e. The van der Waals surface area contributed by atoms with Crippen molar-refractivity contribution in [3.05, 3.63) is 29.8 Å². The number of nitrogens with one attached hydrogen (secondary N) is 1. The Morgan fingerprint density at radius 3 is 2.80 bits per heavy atom. The standard InChI is InChI=1S/C24H30F2N6O3/c1-31-5-4-17(25)15(12-31)16-10-24(16)9-13(22(27)33)3-6-32(24)23(34)20-8-19(29-30-20)14-7-21(35-2)28-11-18(14)26/h7-8,11,13,15-17H,3-6,9-10,12H2,1-2H3,(H2,27,33)(H,29,30)/t13?,15-,16?,17+,24?/m0/s1. The molecule has 3 fully saturated rings.